The Kier molecular flexibility index (Phi) is 4.31. The smallest absolute Gasteiger partial charge is 0.273 e. The van der Waals surface area contributed by atoms with E-state index in [0.717, 1.165) is 0 Å². The second kappa shape index (κ2) is 5.70. The molecule has 21 heavy (non-hydrogen) atoms. The van der Waals surface area contributed by atoms with E-state index in [2.05, 4.69) is 0 Å². The normalized spacial score (nSPS) is 24.0. The van der Waals surface area contributed by atoms with Crippen LogP contribution in [0.2, 0.25) is 0 Å². The summed E-state index contributed by atoms with van der Waals surface area (Å²) in [6.45, 7) is 3.61. The lowest BCUT2D eigenvalue weighted by molar-refractivity contribution is -0.385. The zero-order valence-electron chi connectivity index (χ0n) is 12.0. The summed E-state index contributed by atoms with van der Waals surface area (Å²) in [6, 6.07) is 3.91. The minimum atomic E-state index is -3.75. The fraction of sp³-hybridized carbons (Fsp3) is 0.538. The van der Waals surface area contributed by atoms with Gasteiger partial charge in [-0.25, -0.2) is 8.42 Å². The average molecular weight is 313 g/mol. The van der Waals surface area contributed by atoms with Gasteiger partial charge in [0.2, 0.25) is 10.0 Å². The Labute approximate surface area is 123 Å². The maximum absolute atomic E-state index is 12.8. The van der Waals surface area contributed by atoms with E-state index in [9.17, 15) is 18.5 Å². The zero-order valence-corrected chi connectivity index (χ0v) is 12.8. The molecule has 8 heteroatoms. The summed E-state index contributed by atoms with van der Waals surface area (Å²) in [5.74, 6) is 0. The molecule has 116 valence electrons. The van der Waals surface area contributed by atoms with Crippen molar-refractivity contribution in [3.05, 3.63) is 33.9 Å². The number of hydrogen-bond acceptors (Lipinski definition) is 5. The molecule has 7 nitrogen and oxygen atoms in total. The molecule has 2 N–H and O–H groups in total. The summed E-state index contributed by atoms with van der Waals surface area (Å²) in [4.78, 5) is 10.4. The molecule has 0 amide bonds. The van der Waals surface area contributed by atoms with Gasteiger partial charge < -0.3 is 5.73 Å². The van der Waals surface area contributed by atoms with E-state index in [4.69, 9.17) is 5.73 Å². The van der Waals surface area contributed by atoms with Gasteiger partial charge in [0.1, 0.15) is 0 Å². The molecule has 1 aliphatic heterocycles. The molecular weight excluding hydrogens is 294 g/mol. The minimum Gasteiger partial charge on any atom is -0.328 e. The van der Waals surface area contributed by atoms with Crippen LogP contribution in [0.1, 0.15) is 25.3 Å². The molecule has 0 aliphatic carbocycles. The molecule has 0 bridgehead atoms. The lowest BCUT2D eigenvalue weighted by Gasteiger charge is -2.35. The molecule has 1 aromatic rings. The van der Waals surface area contributed by atoms with E-state index in [1.807, 2.05) is 6.92 Å². The minimum absolute atomic E-state index is 0.000906. The third-order valence-electron chi connectivity index (χ3n) is 3.89. The first kappa shape index (κ1) is 15.9. The molecule has 1 heterocycles. The van der Waals surface area contributed by atoms with E-state index >= 15 is 0 Å². The Morgan fingerprint density at radius 2 is 2.10 bits per heavy atom. The van der Waals surface area contributed by atoms with Crippen molar-refractivity contribution in [1.29, 1.82) is 0 Å². The van der Waals surface area contributed by atoms with Crippen molar-refractivity contribution in [1.82, 2.24) is 4.31 Å². The van der Waals surface area contributed by atoms with Crippen LogP contribution >= 0.6 is 0 Å². The first-order valence-corrected chi connectivity index (χ1v) is 8.20. The summed E-state index contributed by atoms with van der Waals surface area (Å²) in [5.41, 5.74) is 5.84. The monoisotopic (exact) mass is 313 g/mol. The summed E-state index contributed by atoms with van der Waals surface area (Å²) >= 11 is 0. The summed E-state index contributed by atoms with van der Waals surface area (Å²) in [6.07, 6.45) is 1.19. The highest BCUT2D eigenvalue weighted by Crippen LogP contribution is 2.30. The number of nitro benzene ring substituents is 1. The van der Waals surface area contributed by atoms with Crippen LogP contribution in [0.25, 0.3) is 0 Å². The summed E-state index contributed by atoms with van der Waals surface area (Å²) < 4.78 is 26.9. The highest BCUT2D eigenvalue weighted by atomic mass is 32.2. The van der Waals surface area contributed by atoms with Gasteiger partial charge >= 0.3 is 0 Å². The van der Waals surface area contributed by atoms with Gasteiger partial charge in [-0.15, -0.1) is 0 Å². The van der Waals surface area contributed by atoms with E-state index in [0.29, 0.717) is 19.4 Å². The van der Waals surface area contributed by atoms with Gasteiger partial charge in [-0.3, -0.25) is 10.1 Å². The Morgan fingerprint density at radius 1 is 1.43 bits per heavy atom. The van der Waals surface area contributed by atoms with E-state index in [1.54, 1.807) is 0 Å². The van der Waals surface area contributed by atoms with Gasteiger partial charge in [-0.2, -0.15) is 4.31 Å². The van der Waals surface area contributed by atoms with Gasteiger partial charge in [0, 0.05) is 30.3 Å². The van der Waals surface area contributed by atoms with Crippen molar-refractivity contribution in [3.63, 3.8) is 0 Å². The largest absolute Gasteiger partial charge is 0.328 e. The number of nitro groups is 1. The van der Waals surface area contributed by atoms with Crippen LogP contribution in [0.3, 0.4) is 0 Å². The molecule has 2 atom stereocenters. The van der Waals surface area contributed by atoms with Crippen LogP contribution in [-0.4, -0.2) is 36.3 Å². The van der Waals surface area contributed by atoms with Crippen LogP contribution in [0.5, 0.6) is 0 Å². The van der Waals surface area contributed by atoms with Gasteiger partial charge in [0.25, 0.3) is 5.69 Å². The number of piperidine rings is 1. The third-order valence-corrected chi connectivity index (χ3v) is 6.05. The van der Waals surface area contributed by atoms with Gasteiger partial charge in [0.15, 0.2) is 0 Å². The number of nitrogens with two attached hydrogens (primary N) is 1. The second-order valence-electron chi connectivity index (χ2n) is 5.41. The maximum Gasteiger partial charge on any atom is 0.273 e. The Balaban J connectivity index is 2.45. The highest BCUT2D eigenvalue weighted by molar-refractivity contribution is 7.89. The van der Waals surface area contributed by atoms with Crippen molar-refractivity contribution in [3.8, 4) is 0 Å². The van der Waals surface area contributed by atoms with Crippen LogP contribution in [-0.2, 0) is 10.0 Å². The molecule has 0 saturated carbocycles. The quantitative estimate of drug-likeness (QED) is 0.670. The lowest BCUT2D eigenvalue weighted by atomic mass is 10.0. The first-order chi connectivity index (χ1) is 9.75. The fourth-order valence-corrected chi connectivity index (χ4v) is 4.65. The van der Waals surface area contributed by atoms with Crippen LogP contribution in [0.15, 0.2) is 23.1 Å². The average Bonchev–Trinajstić information content (AvgIpc) is 2.37. The van der Waals surface area contributed by atoms with Crippen molar-refractivity contribution >= 4 is 15.7 Å². The molecular formula is C13H19N3O4S. The van der Waals surface area contributed by atoms with Gasteiger partial charge in [0.05, 0.1) is 9.82 Å². The Morgan fingerprint density at radius 3 is 2.67 bits per heavy atom. The topological polar surface area (TPSA) is 107 Å². The molecule has 1 saturated heterocycles. The number of rotatable bonds is 3. The zero-order chi connectivity index (χ0) is 15.8. The van der Waals surface area contributed by atoms with E-state index < -0.39 is 14.9 Å². The van der Waals surface area contributed by atoms with E-state index in [1.165, 1.54) is 29.4 Å². The SMILES string of the molecule is Cc1c([N+](=O)[O-])cccc1S(=O)(=O)N1CCC(N)CC1C. The number of benzene rings is 1. The number of hydrogen-bond donors (Lipinski definition) is 1. The maximum atomic E-state index is 12.8. The molecule has 1 aromatic carbocycles. The van der Waals surface area contributed by atoms with Crippen LogP contribution in [0.4, 0.5) is 5.69 Å². The van der Waals surface area contributed by atoms with Crippen molar-refractivity contribution < 1.29 is 13.3 Å². The molecule has 1 aliphatic rings. The molecule has 0 spiro atoms. The summed E-state index contributed by atoms with van der Waals surface area (Å²) in [7, 11) is -3.75. The van der Waals surface area contributed by atoms with Crippen LogP contribution < -0.4 is 5.73 Å². The molecule has 1 fully saturated rings. The highest BCUT2D eigenvalue weighted by Gasteiger charge is 2.35. The molecule has 2 unspecified atom stereocenters. The number of sulfonamides is 1. The Bertz CT molecular complexity index is 659. The molecule has 0 aromatic heterocycles. The van der Waals surface area contributed by atoms with E-state index in [-0.39, 0.29) is 28.2 Å². The predicted molar refractivity (Wildman–Crippen MR) is 78.4 cm³/mol. The van der Waals surface area contributed by atoms with Crippen molar-refractivity contribution in [2.24, 2.45) is 5.73 Å². The van der Waals surface area contributed by atoms with Gasteiger partial charge in [-0.05, 0) is 32.8 Å². The second-order valence-corrected chi connectivity index (χ2v) is 7.27. The van der Waals surface area contributed by atoms with Crippen LogP contribution in [0, 0.1) is 17.0 Å². The third kappa shape index (κ3) is 2.92. The molecule has 2 rings (SSSR count). The first-order valence-electron chi connectivity index (χ1n) is 6.76. The van der Waals surface area contributed by atoms with Gasteiger partial charge in [-0.1, -0.05) is 6.07 Å². The number of nitrogens with zero attached hydrogens (tertiary/aromatic N) is 2. The molecule has 0 radical (unpaired) electrons. The fourth-order valence-electron chi connectivity index (χ4n) is 2.75. The summed E-state index contributed by atoms with van der Waals surface area (Å²) in [5, 5.41) is 11.0. The Hall–Kier alpha value is -1.51. The standard InChI is InChI=1S/C13H19N3O4S/c1-9-8-11(14)6-7-15(9)21(19,20)13-5-3-4-12(10(13)2)16(17)18/h3-5,9,11H,6-8,14H2,1-2H3. The van der Waals surface area contributed by atoms with Crippen molar-refractivity contribution in [2.45, 2.75) is 43.7 Å². The van der Waals surface area contributed by atoms with Crippen molar-refractivity contribution in [2.75, 3.05) is 6.54 Å². The lowest BCUT2D eigenvalue weighted by Crippen LogP contribution is -2.48. The predicted octanol–water partition coefficient (Wildman–Crippen LogP) is 1.40.